The van der Waals surface area contributed by atoms with E-state index in [4.69, 9.17) is 0 Å². The maximum Gasteiger partial charge on any atom is 0.198 e. The molecule has 2 aromatic heterocycles. The van der Waals surface area contributed by atoms with Gasteiger partial charge >= 0.3 is 0 Å². The molecular formula is C8H5N4. The molecule has 0 aromatic carbocycles. The van der Waals surface area contributed by atoms with Crippen molar-refractivity contribution >= 4 is 0 Å². The van der Waals surface area contributed by atoms with E-state index in [1.165, 1.54) is 6.33 Å². The van der Waals surface area contributed by atoms with Gasteiger partial charge in [0.05, 0.1) is 5.69 Å². The Morgan fingerprint density at radius 3 is 2.67 bits per heavy atom. The number of hydrogen-bond acceptors (Lipinski definition) is 4. The molecule has 2 rings (SSSR count). The van der Waals surface area contributed by atoms with E-state index in [0.29, 0.717) is 0 Å². The largest absolute Gasteiger partial charge is 0.244 e. The van der Waals surface area contributed by atoms with Gasteiger partial charge in [0, 0.05) is 24.2 Å². The molecule has 1 radical (unpaired) electrons. The molecule has 0 saturated heterocycles. The van der Waals surface area contributed by atoms with E-state index in [1.807, 2.05) is 0 Å². The molecule has 4 nitrogen and oxygen atoms in total. The summed E-state index contributed by atoms with van der Waals surface area (Å²) in [5, 5.41) is 0. The molecule has 0 aliphatic rings. The minimum Gasteiger partial charge on any atom is -0.244 e. The van der Waals surface area contributed by atoms with Crippen molar-refractivity contribution in [3.05, 3.63) is 37.3 Å². The van der Waals surface area contributed by atoms with E-state index in [0.717, 1.165) is 11.3 Å². The van der Waals surface area contributed by atoms with Crippen LogP contribution in [0.2, 0.25) is 0 Å². The topological polar surface area (TPSA) is 51.6 Å². The van der Waals surface area contributed by atoms with Crippen LogP contribution in [-0.4, -0.2) is 19.9 Å². The van der Waals surface area contributed by atoms with Crippen molar-refractivity contribution in [1.29, 1.82) is 0 Å². The van der Waals surface area contributed by atoms with Crippen molar-refractivity contribution in [2.24, 2.45) is 0 Å². The molecule has 0 N–H and O–H groups in total. The van der Waals surface area contributed by atoms with Crippen LogP contribution in [0, 0.1) is 6.33 Å². The average Bonchev–Trinajstić information content (AvgIpc) is 2.21. The van der Waals surface area contributed by atoms with Crippen molar-refractivity contribution in [1.82, 2.24) is 19.9 Å². The first-order valence-electron chi connectivity index (χ1n) is 3.41. The fourth-order valence-electron chi connectivity index (χ4n) is 0.853. The quantitative estimate of drug-likeness (QED) is 0.612. The van der Waals surface area contributed by atoms with E-state index in [-0.39, 0.29) is 0 Å². The summed E-state index contributed by atoms with van der Waals surface area (Å²) in [7, 11) is 0. The summed E-state index contributed by atoms with van der Waals surface area (Å²) in [5.41, 5.74) is 1.65. The van der Waals surface area contributed by atoms with E-state index >= 15 is 0 Å². The van der Waals surface area contributed by atoms with Gasteiger partial charge in [-0.25, -0.2) is 19.9 Å². The summed E-state index contributed by atoms with van der Waals surface area (Å²) in [4.78, 5) is 15.4. The standard InChI is InChI=1S/C8H5N4/c1-2-9-6-12-8(1)7-3-10-5-11-4-7/h1-5H. The Morgan fingerprint density at radius 1 is 1.17 bits per heavy atom. The normalized spacial score (nSPS) is 9.67. The Labute approximate surface area is 69.4 Å². The third-order valence-electron chi connectivity index (χ3n) is 1.39. The minimum absolute atomic E-state index is 0.783. The van der Waals surface area contributed by atoms with Gasteiger partial charge in [-0.15, -0.1) is 0 Å². The highest BCUT2D eigenvalue weighted by molar-refractivity contribution is 5.55. The summed E-state index contributed by atoms with van der Waals surface area (Å²) in [6.07, 6.45) is 9.01. The molecule has 0 aliphatic carbocycles. The molecule has 0 aliphatic heterocycles. The SMILES string of the molecule is [c]1nccc(-c2cncnc2)n1. The van der Waals surface area contributed by atoms with E-state index < -0.39 is 0 Å². The van der Waals surface area contributed by atoms with Crippen LogP contribution in [0.1, 0.15) is 0 Å². The Bertz CT molecular complexity index is 308. The predicted molar refractivity (Wildman–Crippen MR) is 41.9 cm³/mol. The summed E-state index contributed by atoms with van der Waals surface area (Å²) in [5.74, 6) is 0. The molecular weight excluding hydrogens is 152 g/mol. The van der Waals surface area contributed by atoms with Crippen molar-refractivity contribution in [3.8, 4) is 11.3 Å². The van der Waals surface area contributed by atoms with Crippen molar-refractivity contribution in [3.63, 3.8) is 0 Å². The van der Waals surface area contributed by atoms with Crippen LogP contribution in [-0.2, 0) is 0 Å². The molecule has 0 atom stereocenters. The molecule has 12 heavy (non-hydrogen) atoms. The van der Waals surface area contributed by atoms with Gasteiger partial charge in [0.2, 0.25) is 0 Å². The number of nitrogens with zero attached hydrogens (tertiary/aromatic N) is 4. The molecule has 0 fully saturated rings. The van der Waals surface area contributed by atoms with Gasteiger partial charge in [-0.05, 0) is 6.07 Å². The first kappa shape index (κ1) is 6.84. The molecule has 57 valence electrons. The minimum atomic E-state index is 0.783. The highest BCUT2D eigenvalue weighted by Gasteiger charge is 1.96. The fraction of sp³-hybridized carbons (Fsp3) is 0. The number of hydrogen-bond donors (Lipinski definition) is 0. The Morgan fingerprint density at radius 2 is 2.00 bits per heavy atom. The van der Waals surface area contributed by atoms with Crippen LogP contribution < -0.4 is 0 Å². The second kappa shape index (κ2) is 3.04. The first-order chi connectivity index (χ1) is 5.97. The highest BCUT2D eigenvalue weighted by atomic mass is 14.8. The van der Waals surface area contributed by atoms with Crippen molar-refractivity contribution in [2.45, 2.75) is 0 Å². The van der Waals surface area contributed by atoms with Gasteiger partial charge in [-0.3, -0.25) is 0 Å². The molecule has 0 amide bonds. The zero-order valence-corrected chi connectivity index (χ0v) is 6.18. The lowest BCUT2D eigenvalue weighted by Gasteiger charge is -1.95. The molecule has 2 heterocycles. The third-order valence-corrected chi connectivity index (χ3v) is 1.39. The Kier molecular flexibility index (Phi) is 1.74. The maximum atomic E-state index is 3.93. The zero-order valence-electron chi connectivity index (χ0n) is 6.18. The van der Waals surface area contributed by atoms with Crippen molar-refractivity contribution in [2.75, 3.05) is 0 Å². The Hall–Kier alpha value is -1.84. The molecule has 0 spiro atoms. The smallest absolute Gasteiger partial charge is 0.198 e. The number of rotatable bonds is 1. The van der Waals surface area contributed by atoms with Crippen molar-refractivity contribution < 1.29 is 0 Å². The zero-order chi connectivity index (χ0) is 8.23. The molecule has 4 heteroatoms. The monoisotopic (exact) mass is 157 g/mol. The summed E-state index contributed by atoms with van der Waals surface area (Å²) < 4.78 is 0. The maximum absolute atomic E-state index is 3.93. The molecule has 0 saturated carbocycles. The molecule has 2 aromatic rings. The van der Waals surface area contributed by atoms with Gasteiger partial charge in [0.15, 0.2) is 6.33 Å². The molecule has 0 unspecified atom stereocenters. The van der Waals surface area contributed by atoms with E-state index in [2.05, 4.69) is 26.3 Å². The predicted octanol–water partition coefficient (Wildman–Crippen LogP) is 0.734. The lowest BCUT2D eigenvalue weighted by molar-refractivity contribution is 1.12. The van der Waals surface area contributed by atoms with E-state index in [1.54, 1.807) is 24.7 Å². The fourth-order valence-corrected chi connectivity index (χ4v) is 0.853. The average molecular weight is 157 g/mol. The second-order valence-corrected chi connectivity index (χ2v) is 2.17. The van der Waals surface area contributed by atoms with Gasteiger partial charge < -0.3 is 0 Å². The number of aromatic nitrogens is 4. The van der Waals surface area contributed by atoms with Gasteiger partial charge in [0.25, 0.3) is 0 Å². The lowest BCUT2D eigenvalue weighted by Crippen LogP contribution is -1.86. The van der Waals surface area contributed by atoms with Crippen LogP contribution in [0.4, 0.5) is 0 Å². The van der Waals surface area contributed by atoms with E-state index in [9.17, 15) is 0 Å². The summed E-state index contributed by atoms with van der Waals surface area (Å²) in [6, 6.07) is 1.79. The van der Waals surface area contributed by atoms with Crippen LogP contribution >= 0.6 is 0 Å². The van der Waals surface area contributed by atoms with Crippen LogP contribution in [0.15, 0.2) is 31.0 Å². The molecule has 0 bridgehead atoms. The van der Waals surface area contributed by atoms with Crippen LogP contribution in [0.3, 0.4) is 0 Å². The Balaban J connectivity index is 2.46. The third kappa shape index (κ3) is 1.27. The van der Waals surface area contributed by atoms with Crippen LogP contribution in [0.25, 0.3) is 11.3 Å². The first-order valence-corrected chi connectivity index (χ1v) is 3.41. The summed E-state index contributed by atoms with van der Waals surface area (Å²) >= 11 is 0. The van der Waals surface area contributed by atoms with Gasteiger partial charge in [-0.2, -0.15) is 0 Å². The summed E-state index contributed by atoms with van der Waals surface area (Å²) in [6.45, 7) is 0. The van der Waals surface area contributed by atoms with Gasteiger partial charge in [-0.1, -0.05) is 0 Å². The van der Waals surface area contributed by atoms with Crippen LogP contribution in [0.5, 0.6) is 0 Å². The second-order valence-electron chi connectivity index (χ2n) is 2.17. The highest BCUT2D eigenvalue weighted by Crippen LogP contribution is 2.10. The lowest BCUT2D eigenvalue weighted by atomic mass is 10.2. The van der Waals surface area contributed by atoms with Gasteiger partial charge in [0.1, 0.15) is 6.33 Å².